The SMILES string of the molecule is CC(=O)Nc1ccc(SCC2OC(c3ccc(CNC(=O)C(Cc4ccccc4)NS(=O)(=O)c4ccc(C)cc4)cc3)OC(c3ccc(CO)cc3)C2C)cc1. The zero-order valence-corrected chi connectivity index (χ0v) is 33.2. The topological polar surface area (TPSA) is 143 Å². The predicted octanol–water partition coefficient (Wildman–Crippen LogP) is 7.24. The van der Waals surface area contributed by atoms with Gasteiger partial charge >= 0.3 is 0 Å². The quantitative estimate of drug-likeness (QED) is 0.0814. The monoisotopic (exact) mass is 793 g/mol. The van der Waals surface area contributed by atoms with E-state index in [1.165, 1.54) is 19.1 Å². The first-order valence-electron chi connectivity index (χ1n) is 18.5. The molecule has 0 aromatic heterocycles. The van der Waals surface area contributed by atoms with E-state index in [2.05, 4.69) is 22.3 Å². The second-order valence-corrected chi connectivity index (χ2v) is 16.8. The predicted molar refractivity (Wildman–Crippen MR) is 218 cm³/mol. The van der Waals surface area contributed by atoms with Crippen molar-refractivity contribution in [3.63, 3.8) is 0 Å². The van der Waals surface area contributed by atoms with Gasteiger partial charge in [0, 0.05) is 41.3 Å². The van der Waals surface area contributed by atoms with Crippen LogP contribution in [-0.2, 0) is 48.7 Å². The number of benzene rings is 5. The number of nitrogens with one attached hydrogen (secondary N) is 3. The average molecular weight is 794 g/mol. The normalized spacial score (nSPS) is 18.9. The summed E-state index contributed by atoms with van der Waals surface area (Å²) in [6.45, 7) is 5.61. The van der Waals surface area contributed by atoms with Crippen molar-refractivity contribution in [2.45, 2.75) is 74.7 Å². The minimum Gasteiger partial charge on any atom is -0.392 e. The van der Waals surface area contributed by atoms with E-state index >= 15 is 0 Å². The maximum absolute atomic E-state index is 13.6. The van der Waals surface area contributed by atoms with E-state index in [-0.39, 0.29) is 48.5 Å². The van der Waals surface area contributed by atoms with Crippen LogP contribution in [0.4, 0.5) is 5.69 Å². The van der Waals surface area contributed by atoms with Crippen molar-refractivity contribution in [3.8, 4) is 0 Å². The van der Waals surface area contributed by atoms with Crippen LogP contribution in [0, 0.1) is 12.8 Å². The van der Waals surface area contributed by atoms with Crippen molar-refractivity contribution in [1.29, 1.82) is 0 Å². The second kappa shape index (κ2) is 18.9. The minimum atomic E-state index is -3.97. The van der Waals surface area contributed by atoms with Gasteiger partial charge in [0.2, 0.25) is 21.8 Å². The number of anilines is 1. The van der Waals surface area contributed by atoms with Crippen molar-refractivity contribution in [2.75, 3.05) is 11.1 Å². The molecule has 0 spiro atoms. The van der Waals surface area contributed by atoms with Crippen molar-refractivity contribution < 1.29 is 32.6 Å². The van der Waals surface area contributed by atoms with Crippen molar-refractivity contribution >= 4 is 39.3 Å². The third-order valence-electron chi connectivity index (χ3n) is 9.66. The highest BCUT2D eigenvalue weighted by atomic mass is 32.2. The van der Waals surface area contributed by atoms with Crippen molar-refractivity contribution in [3.05, 3.63) is 161 Å². The van der Waals surface area contributed by atoms with Crippen LogP contribution < -0.4 is 15.4 Å². The van der Waals surface area contributed by atoms with Crippen LogP contribution in [0.2, 0.25) is 0 Å². The molecule has 1 saturated heterocycles. The van der Waals surface area contributed by atoms with Gasteiger partial charge in [0.15, 0.2) is 6.29 Å². The molecule has 5 aromatic rings. The van der Waals surface area contributed by atoms with Gasteiger partial charge in [0.1, 0.15) is 6.04 Å². The highest BCUT2D eigenvalue weighted by Crippen LogP contribution is 2.43. The first-order valence-corrected chi connectivity index (χ1v) is 20.9. The lowest BCUT2D eigenvalue weighted by atomic mass is 9.91. The third kappa shape index (κ3) is 10.9. The third-order valence-corrected chi connectivity index (χ3v) is 12.2. The fraction of sp³-hybridized carbons (Fsp3) is 0.273. The maximum Gasteiger partial charge on any atom is 0.241 e. The number of carbonyl (C=O) groups is 2. The molecular weight excluding hydrogens is 747 g/mol. The molecule has 1 fully saturated rings. The summed E-state index contributed by atoms with van der Waals surface area (Å²) >= 11 is 1.67. The Hall–Kier alpha value is -4.82. The second-order valence-electron chi connectivity index (χ2n) is 14.0. The molecule has 56 heavy (non-hydrogen) atoms. The highest BCUT2D eigenvalue weighted by molar-refractivity contribution is 7.99. The van der Waals surface area contributed by atoms with Crippen LogP contribution in [0.25, 0.3) is 0 Å². The van der Waals surface area contributed by atoms with Crippen molar-refractivity contribution in [1.82, 2.24) is 10.0 Å². The molecule has 0 aliphatic carbocycles. The Balaban J connectivity index is 1.14. The summed E-state index contributed by atoms with van der Waals surface area (Å²) < 4.78 is 42.5. The molecule has 5 atom stereocenters. The number of rotatable bonds is 15. The van der Waals surface area contributed by atoms with E-state index in [1.54, 1.807) is 23.9 Å². The molecule has 10 nitrogen and oxygen atoms in total. The number of thioether (sulfide) groups is 1. The van der Waals surface area contributed by atoms with Crippen LogP contribution in [-0.4, -0.2) is 43.2 Å². The Morgan fingerprint density at radius 1 is 0.786 bits per heavy atom. The molecule has 1 aliphatic heterocycles. The summed E-state index contributed by atoms with van der Waals surface area (Å²) in [6.07, 6.45) is -0.951. The number of aliphatic hydroxyl groups is 1. The fourth-order valence-corrected chi connectivity index (χ4v) is 8.70. The molecular formula is C44H47N3O7S2. The lowest BCUT2D eigenvalue weighted by Gasteiger charge is -2.41. The molecule has 1 aliphatic rings. The van der Waals surface area contributed by atoms with E-state index in [1.807, 2.05) is 110 Å². The Morgan fingerprint density at radius 2 is 1.43 bits per heavy atom. The van der Waals surface area contributed by atoms with Crippen molar-refractivity contribution in [2.24, 2.45) is 5.92 Å². The number of sulfonamides is 1. The Bertz CT molecular complexity index is 2170. The van der Waals surface area contributed by atoms with Crippen LogP contribution >= 0.6 is 11.8 Å². The Labute approximate surface area is 333 Å². The summed E-state index contributed by atoms with van der Waals surface area (Å²) in [5.41, 5.74) is 5.92. The summed E-state index contributed by atoms with van der Waals surface area (Å²) in [6, 6.07) is 37.9. The van der Waals surface area contributed by atoms with Crippen LogP contribution in [0.3, 0.4) is 0 Å². The van der Waals surface area contributed by atoms with Gasteiger partial charge in [0.05, 0.1) is 23.7 Å². The number of hydrogen-bond donors (Lipinski definition) is 4. The molecule has 2 amide bonds. The minimum absolute atomic E-state index is 0.000807. The highest BCUT2D eigenvalue weighted by Gasteiger charge is 2.38. The largest absolute Gasteiger partial charge is 0.392 e. The van der Waals surface area contributed by atoms with E-state index in [9.17, 15) is 23.1 Å². The first kappa shape index (κ1) is 40.8. The number of amides is 2. The van der Waals surface area contributed by atoms with E-state index in [0.717, 1.165) is 44.0 Å². The maximum atomic E-state index is 13.6. The molecule has 292 valence electrons. The van der Waals surface area contributed by atoms with E-state index < -0.39 is 28.3 Å². The molecule has 4 N–H and O–H groups in total. The van der Waals surface area contributed by atoms with Crippen LogP contribution in [0.1, 0.15) is 59.6 Å². The standard InChI is InChI=1S/C44H47N3O7S2/c1-29-9-23-39(24-10-29)56(51,52)47-40(25-32-7-5-4-6-8-32)43(50)45-26-33-11-17-36(18-12-33)44-53-41(28-55-38-21-19-37(20-22-38)46-31(3)49)30(2)42(54-44)35-15-13-34(27-48)14-16-35/h4-24,30,40-42,44,47-48H,25-28H2,1-3H3,(H,45,50)(H,46,49). The summed E-state index contributed by atoms with van der Waals surface area (Å²) in [4.78, 5) is 26.2. The number of ether oxygens (including phenoxy) is 2. The number of aryl methyl sites for hydroxylation is 1. The molecule has 5 aromatic carbocycles. The lowest BCUT2D eigenvalue weighted by molar-refractivity contribution is -0.268. The first-order chi connectivity index (χ1) is 27.0. The zero-order valence-electron chi connectivity index (χ0n) is 31.6. The van der Waals surface area contributed by atoms with E-state index in [4.69, 9.17) is 9.47 Å². The van der Waals surface area contributed by atoms with Crippen LogP contribution in [0.5, 0.6) is 0 Å². The molecule has 0 saturated carbocycles. The number of hydrogen-bond acceptors (Lipinski definition) is 8. The van der Waals surface area contributed by atoms with Gasteiger partial charge in [-0.15, -0.1) is 11.8 Å². The van der Waals surface area contributed by atoms with Gasteiger partial charge in [-0.25, -0.2) is 8.42 Å². The van der Waals surface area contributed by atoms with E-state index in [0.29, 0.717) is 5.75 Å². The Morgan fingerprint density at radius 3 is 2.07 bits per heavy atom. The van der Waals surface area contributed by atoms with Gasteiger partial charge in [-0.1, -0.05) is 103 Å². The summed E-state index contributed by atoms with van der Waals surface area (Å²) in [5.74, 6) is 0.0951. The molecule has 0 radical (unpaired) electrons. The number of aliphatic hydroxyl groups excluding tert-OH is 1. The molecule has 1 heterocycles. The van der Waals surface area contributed by atoms with Gasteiger partial charge < -0.3 is 25.2 Å². The number of carbonyl (C=O) groups excluding carboxylic acids is 2. The summed E-state index contributed by atoms with van der Waals surface area (Å²) in [5, 5.41) is 15.3. The molecule has 6 rings (SSSR count). The Kier molecular flexibility index (Phi) is 13.8. The lowest BCUT2D eigenvalue weighted by Crippen LogP contribution is -2.47. The van der Waals surface area contributed by atoms with Gasteiger partial charge in [-0.3, -0.25) is 9.59 Å². The fourth-order valence-electron chi connectivity index (χ4n) is 6.44. The average Bonchev–Trinajstić information content (AvgIpc) is 3.20. The summed E-state index contributed by atoms with van der Waals surface area (Å²) in [7, 11) is -3.97. The van der Waals surface area contributed by atoms with Gasteiger partial charge in [-0.05, 0) is 72.0 Å². The molecule has 0 bridgehead atoms. The zero-order chi connectivity index (χ0) is 39.7. The molecule has 5 unspecified atom stereocenters. The molecule has 12 heteroatoms. The van der Waals surface area contributed by atoms with Gasteiger partial charge in [0.25, 0.3) is 0 Å². The van der Waals surface area contributed by atoms with Crippen LogP contribution in [0.15, 0.2) is 137 Å². The van der Waals surface area contributed by atoms with Gasteiger partial charge in [-0.2, -0.15) is 4.72 Å². The smallest absolute Gasteiger partial charge is 0.241 e.